The Morgan fingerprint density at radius 2 is 1.89 bits per heavy atom. The Bertz CT molecular complexity index is 379. The van der Waals surface area contributed by atoms with Crippen LogP contribution in [0, 0.1) is 16.7 Å². The first-order valence-corrected chi connectivity index (χ1v) is 7.02. The third-order valence-electron chi connectivity index (χ3n) is 4.33. The molecule has 5 heteroatoms. The third-order valence-corrected chi connectivity index (χ3v) is 4.33. The number of hydrogen-bond acceptors (Lipinski definition) is 2. The van der Waals surface area contributed by atoms with Crippen LogP contribution in [0.25, 0.3) is 0 Å². The zero-order chi connectivity index (χ0) is 14.3. The first-order valence-electron chi connectivity index (χ1n) is 7.02. The molecule has 0 radical (unpaired) electrons. The van der Waals surface area contributed by atoms with Crippen molar-refractivity contribution in [3.05, 3.63) is 0 Å². The lowest BCUT2D eigenvalue weighted by Gasteiger charge is -2.28. The van der Waals surface area contributed by atoms with Crippen LogP contribution in [-0.2, 0) is 4.79 Å². The van der Waals surface area contributed by atoms with E-state index in [9.17, 15) is 9.59 Å². The molecule has 2 amide bonds. The first kappa shape index (κ1) is 14.2. The Hall–Kier alpha value is -1.26. The SMILES string of the molecule is CC(C)(C)C(NC(=O)NCC1(C2CC2)CC1)C(=O)O. The summed E-state index contributed by atoms with van der Waals surface area (Å²) < 4.78 is 0. The van der Waals surface area contributed by atoms with Crippen LogP contribution in [0.5, 0.6) is 0 Å². The second-order valence-corrected chi connectivity index (χ2v) is 7.10. The Morgan fingerprint density at radius 3 is 2.26 bits per heavy atom. The highest BCUT2D eigenvalue weighted by Crippen LogP contribution is 2.60. The molecule has 0 saturated heterocycles. The monoisotopic (exact) mass is 268 g/mol. The zero-order valence-electron chi connectivity index (χ0n) is 12.0. The van der Waals surface area contributed by atoms with E-state index in [1.807, 2.05) is 0 Å². The summed E-state index contributed by atoms with van der Waals surface area (Å²) in [7, 11) is 0. The van der Waals surface area contributed by atoms with Crippen molar-refractivity contribution in [1.29, 1.82) is 0 Å². The maximum absolute atomic E-state index is 11.8. The fourth-order valence-corrected chi connectivity index (χ4v) is 2.67. The number of urea groups is 1. The maximum atomic E-state index is 11.8. The number of nitrogens with one attached hydrogen (secondary N) is 2. The molecule has 0 bridgehead atoms. The van der Waals surface area contributed by atoms with Crippen LogP contribution in [-0.4, -0.2) is 29.7 Å². The molecular formula is C14H24N2O3. The number of aliphatic carboxylic acids is 1. The molecule has 0 aliphatic heterocycles. The molecule has 1 unspecified atom stereocenters. The number of carbonyl (C=O) groups is 2. The van der Waals surface area contributed by atoms with Crippen LogP contribution in [0.4, 0.5) is 4.79 Å². The summed E-state index contributed by atoms with van der Waals surface area (Å²) in [6, 6.07) is -1.24. The van der Waals surface area contributed by atoms with Crippen LogP contribution < -0.4 is 10.6 Å². The maximum Gasteiger partial charge on any atom is 0.326 e. The molecule has 2 fully saturated rings. The molecule has 0 aromatic rings. The van der Waals surface area contributed by atoms with E-state index in [0.29, 0.717) is 12.0 Å². The topological polar surface area (TPSA) is 78.4 Å². The number of carbonyl (C=O) groups excluding carboxylic acids is 1. The molecule has 1 atom stereocenters. The van der Waals surface area contributed by atoms with Crippen molar-refractivity contribution in [3.63, 3.8) is 0 Å². The molecule has 0 heterocycles. The van der Waals surface area contributed by atoms with Crippen LogP contribution in [0.3, 0.4) is 0 Å². The van der Waals surface area contributed by atoms with Crippen LogP contribution in [0.2, 0.25) is 0 Å². The third kappa shape index (κ3) is 3.39. The summed E-state index contributed by atoms with van der Waals surface area (Å²) in [6.07, 6.45) is 4.95. The van der Waals surface area contributed by atoms with E-state index in [2.05, 4.69) is 10.6 Å². The average Bonchev–Trinajstić information content (AvgIpc) is 3.13. The number of rotatable bonds is 5. The highest BCUT2D eigenvalue weighted by molar-refractivity contribution is 5.83. The lowest BCUT2D eigenvalue weighted by molar-refractivity contribution is -0.141. The molecule has 0 aromatic carbocycles. The van der Waals surface area contributed by atoms with E-state index in [1.165, 1.54) is 25.7 Å². The summed E-state index contributed by atoms with van der Waals surface area (Å²) in [6.45, 7) is 6.09. The minimum absolute atomic E-state index is 0.331. The largest absolute Gasteiger partial charge is 0.480 e. The molecule has 0 spiro atoms. The number of hydrogen-bond donors (Lipinski definition) is 3. The Kier molecular flexibility index (Phi) is 3.49. The predicted octanol–water partition coefficient (Wildman–Crippen LogP) is 1.98. The molecule has 5 nitrogen and oxygen atoms in total. The normalized spacial score (nSPS) is 22.5. The molecule has 2 aliphatic rings. The highest BCUT2D eigenvalue weighted by atomic mass is 16.4. The number of amides is 2. The summed E-state index contributed by atoms with van der Waals surface area (Å²) >= 11 is 0. The Morgan fingerprint density at radius 1 is 1.32 bits per heavy atom. The summed E-state index contributed by atoms with van der Waals surface area (Å²) in [5, 5.41) is 14.6. The smallest absolute Gasteiger partial charge is 0.326 e. The Balaban J connectivity index is 1.81. The van der Waals surface area contributed by atoms with Gasteiger partial charge in [-0.2, -0.15) is 0 Å². The fraction of sp³-hybridized carbons (Fsp3) is 0.857. The zero-order valence-corrected chi connectivity index (χ0v) is 12.0. The lowest BCUT2D eigenvalue weighted by Crippen LogP contribution is -2.53. The summed E-state index contributed by atoms with van der Waals surface area (Å²) in [4.78, 5) is 23.0. The van der Waals surface area contributed by atoms with Gasteiger partial charge in [-0.15, -0.1) is 0 Å². The molecule has 0 aromatic heterocycles. The minimum Gasteiger partial charge on any atom is -0.480 e. The van der Waals surface area contributed by atoms with Gasteiger partial charge in [0.1, 0.15) is 6.04 Å². The first-order chi connectivity index (χ1) is 8.74. The van der Waals surface area contributed by atoms with E-state index in [4.69, 9.17) is 5.11 Å². The van der Waals surface area contributed by atoms with E-state index in [1.54, 1.807) is 20.8 Å². The minimum atomic E-state index is -0.994. The van der Waals surface area contributed by atoms with Crippen molar-refractivity contribution in [2.45, 2.75) is 52.5 Å². The number of carboxylic acids is 1. The van der Waals surface area contributed by atoms with Crippen molar-refractivity contribution in [2.24, 2.45) is 16.7 Å². The molecule has 2 saturated carbocycles. The van der Waals surface area contributed by atoms with E-state index in [-0.39, 0.29) is 6.03 Å². The van der Waals surface area contributed by atoms with Gasteiger partial charge in [-0.1, -0.05) is 20.8 Å². The average molecular weight is 268 g/mol. The van der Waals surface area contributed by atoms with Crippen LogP contribution in [0.15, 0.2) is 0 Å². The van der Waals surface area contributed by atoms with Gasteiger partial charge in [-0.25, -0.2) is 9.59 Å². The molecule has 108 valence electrons. The van der Waals surface area contributed by atoms with Gasteiger partial charge in [0.15, 0.2) is 0 Å². The van der Waals surface area contributed by atoms with E-state index < -0.39 is 17.4 Å². The molecule has 2 aliphatic carbocycles. The second kappa shape index (κ2) is 4.69. The quantitative estimate of drug-likeness (QED) is 0.713. The summed E-state index contributed by atoms with van der Waals surface area (Å²) in [5.41, 5.74) is -0.172. The van der Waals surface area contributed by atoms with Crippen molar-refractivity contribution in [1.82, 2.24) is 10.6 Å². The van der Waals surface area contributed by atoms with Crippen molar-refractivity contribution >= 4 is 12.0 Å². The van der Waals surface area contributed by atoms with Gasteiger partial charge in [0, 0.05) is 6.54 Å². The molecule has 19 heavy (non-hydrogen) atoms. The van der Waals surface area contributed by atoms with Gasteiger partial charge in [0.05, 0.1) is 0 Å². The fourth-order valence-electron chi connectivity index (χ4n) is 2.67. The van der Waals surface area contributed by atoms with E-state index in [0.717, 1.165) is 5.92 Å². The summed E-state index contributed by atoms with van der Waals surface area (Å²) in [5.74, 6) is -0.211. The Labute approximate surface area is 114 Å². The molecule has 3 N–H and O–H groups in total. The lowest BCUT2D eigenvalue weighted by atomic mass is 9.87. The van der Waals surface area contributed by atoms with E-state index >= 15 is 0 Å². The van der Waals surface area contributed by atoms with Crippen molar-refractivity contribution < 1.29 is 14.7 Å². The standard InChI is InChI=1S/C14H24N2O3/c1-13(2,3)10(11(17)18)16-12(19)15-8-14(6-7-14)9-4-5-9/h9-10H,4-8H2,1-3H3,(H,17,18)(H2,15,16,19). The van der Waals surface area contributed by atoms with Crippen LogP contribution >= 0.6 is 0 Å². The van der Waals surface area contributed by atoms with Crippen molar-refractivity contribution in [3.8, 4) is 0 Å². The van der Waals surface area contributed by atoms with Crippen LogP contribution in [0.1, 0.15) is 46.5 Å². The van der Waals surface area contributed by atoms with Gasteiger partial charge in [-0.05, 0) is 42.4 Å². The molecular weight excluding hydrogens is 244 g/mol. The predicted molar refractivity (Wildman–Crippen MR) is 71.8 cm³/mol. The molecule has 2 rings (SSSR count). The second-order valence-electron chi connectivity index (χ2n) is 7.10. The van der Waals surface area contributed by atoms with Gasteiger partial charge in [0.25, 0.3) is 0 Å². The van der Waals surface area contributed by atoms with Gasteiger partial charge in [-0.3, -0.25) is 0 Å². The van der Waals surface area contributed by atoms with Crippen molar-refractivity contribution in [2.75, 3.05) is 6.54 Å². The number of carboxylic acid groups (broad SMARTS) is 1. The van der Waals surface area contributed by atoms with Gasteiger partial charge >= 0.3 is 12.0 Å². The highest BCUT2D eigenvalue weighted by Gasteiger charge is 2.53. The van der Waals surface area contributed by atoms with Gasteiger partial charge < -0.3 is 15.7 Å². The van der Waals surface area contributed by atoms with Gasteiger partial charge in [0.2, 0.25) is 0 Å².